The summed E-state index contributed by atoms with van der Waals surface area (Å²) >= 11 is 3.14. The van der Waals surface area contributed by atoms with E-state index in [1.54, 1.807) is 0 Å². The van der Waals surface area contributed by atoms with Crippen LogP contribution in [0.15, 0.2) is 4.73 Å². The zero-order valence-corrected chi connectivity index (χ0v) is 17.0. The number of ether oxygens (including phenoxy) is 5. The topological polar surface area (TPSA) is 145 Å². The molecule has 0 bridgehead atoms. The van der Waals surface area contributed by atoms with E-state index in [0.29, 0.717) is 0 Å². The smallest absolute Gasteiger partial charge is 0.377 e. The minimum absolute atomic E-state index is 0.0739. The Bertz CT molecular complexity index is 781. The summed E-state index contributed by atoms with van der Waals surface area (Å²) in [7, 11) is 1.16. The highest BCUT2D eigenvalue weighted by molar-refractivity contribution is 9.10. The number of hydrogen-bond acceptors (Lipinski definition) is 11. The van der Waals surface area contributed by atoms with Crippen LogP contribution >= 0.6 is 15.9 Å². The highest BCUT2D eigenvalue weighted by Crippen LogP contribution is 2.35. The summed E-state index contributed by atoms with van der Waals surface area (Å²) in [4.78, 5) is 49.8. The van der Waals surface area contributed by atoms with Gasteiger partial charge in [0.05, 0.1) is 7.11 Å². The van der Waals surface area contributed by atoms with Crippen molar-refractivity contribution in [1.29, 1.82) is 0 Å². The SMILES string of the molecule is COC(=O)c1nc(Br)n([C@@H]2O[C@H](COC(C)=O)[C@@H](OC(C)=O)[C@H]2OC(C)=O)n1. The molecule has 0 radical (unpaired) electrons. The number of hydrogen-bond donors (Lipinski definition) is 0. The van der Waals surface area contributed by atoms with Crippen molar-refractivity contribution in [3.05, 3.63) is 10.6 Å². The molecule has 154 valence electrons. The summed E-state index contributed by atoms with van der Waals surface area (Å²) in [6.45, 7) is 3.27. The molecule has 1 saturated heterocycles. The summed E-state index contributed by atoms with van der Waals surface area (Å²) in [5.41, 5.74) is 0. The van der Waals surface area contributed by atoms with Crippen molar-refractivity contribution in [2.75, 3.05) is 13.7 Å². The largest absolute Gasteiger partial charge is 0.463 e. The third-order valence-electron chi connectivity index (χ3n) is 3.54. The molecule has 0 saturated carbocycles. The van der Waals surface area contributed by atoms with Crippen LogP contribution in [0.4, 0.5) is 0 Å². The minimum atomic E-state index is -1.15. The zero-order chi connectivity index (χ0) is 21.0. The molecule has 0 amide bonds. The van der Waals surface area contributed by atoms with Gasteiger partial charge in [0.1, 0.15) is 12.7 Å². The molecule has 2 heterocycles. The molecule has 0 spiro atoms. The predicted molar refractivity (Wildman–Crippen MR) is 90.7 cm³/mol. The molecular formula is C15H18BrN3O9. The van der Waals surface area contributed by atoms with Crippen molar-refractivity contribution in [2.45, 2.75) is 45.3 Å². The van der Waals surface area contributed by atoms with Gasteiger partial charge in [-0.3, -0.25) is 14.4 Å². The van der Waals surface area contributed by atoms with E-state index in [9.17, 15) is 19.2 Å². The number of rotatable bonds is 6. The van der Waals surface area contributed by atoms with Crippen molar-refractivity contribution >= 4 is 39.8 Å². The summed E-state index contributed by atoms with van der Waals surface area (Å²) < 4.78 is 27.0. The van der Waals surface area contributed by atoms with Crippen LogP contribution in [-0.2, 0) is 38.1 Å². The van der Waals surface area contributed by atoms with E-state index in [-0.39, 0.29) is 17.2 Å². The summed E-state index contributed by atoms with van der Waals surface area (Å²) in [6.07, 6.45) is -4.33. The summed E-state index contributed by atoms with van der Waals surface area (Å²) in [5.74, 6) is -2.98. The lowest BCUT2D eigenvalue weighted by Gasteiger charge is -2.23. The van der Waals surface area contributed by atoms with E-state index in [1.165, 1.54) is 13.8 Å². The fourth-order valence-electron chi connectivity index (χ4n) is 2.53. The fourth-order valence-corrected chi connectivity index (χ4v) is 2.98. The lowest BCUT2D eigenvalue weighted by Crippen LogP contribution is -2.40. The lowest BCUT2D eigenvalue weighted by molar-refractivity contribution is -0.166. The van der Waals surface area contributed by atoms with Crippen molar-refractivity contribution < 1.29 is 42.9 Å². The van der Waals surface area contributed by atoms with E-state index in [4.69, 9.17) is 18.9 Å². The maximum Gasteiger partial charge on any atom is 0.377 e. The Morgan fingerprint density at radius 2 is 1.68 bits per heavy atom. The van der Waals surface area contributed by atoms with Crippen LogP contribution in [0.1, 0.15) is 37.6 Å². The maximum atomic E-state index is 11.7. The first-order valence-electron chi connectivity index (χ1n) is 7.97. The first-order valence-corrected chi connectivity index (χ1v) is 8.77. The fraction of sp³-hybridized carbons (Fsp3) is 0.600. The molecule has 1 fully saturated rings. The second-order valence-electron chi connectivity index (χ2n) is 5.66. The lowest BCUT2D eigenvalue weighted by atomic mass is 10.1. The molecule has 12 nitrogen and oxygen atoms in total. The molecule has 0 aliphatic carbocycles. The number of carbonyl (C=O) groups excluding carboxylic acids is 4. The van der Waals surface area contributed by atoms with Crippen LogP contribution in [0.2, 0.25) is 0 Å². The molecule has 13 heteroatoms. The number of carbonyl (C=O) groups is 4. The maximum absolute atomic E-state index is 11.7. The normalized spacial score (nSPS) is 23.8. The van der Waals surface area contributed by atoms with E-state index in [1.807, 2.05) is 0 Å². The van der Waals surface area contributed by atoms with Crippen LogP contribution < -0.4 is 0 Å². The van der Waals surface area contributed by atoms with Gasteiger partial charge in [0.15, 0.2) is 23.2 Å². The number of nitrogens with zero attached hydrogens (tertiary/aromatic N) is 3. The van der Waals surface area contributed by atoms with Gasteiger partial charge in [0.2, 0.25) is 0 Å². The van der Waals surface area contributed by atoms with Gasteiger partial charge in [-0.1, -0.05) is 0 Å². The van der Waals surface area contributed by atoms with Gasteiger partial charge in [-0.2, -0.15) is 4.98 Å². The molecule has 0 N–H and O–H groups in total. The van der Waals surface area contributed by atoms with Crippen molar-refractivity contribution in [2.24, 2.45) is 0 Å². The Morgan fingerprint density at radius 1 is 1.07 bits per heavy atom. The van der Waals surface area contributed by atoms with Crippen molar-refractivity contribution in [3.63, 3.8) is 0 Å². The van der Waals surface area contributed by atoms with Crippen molar-refractivity contribution in [1.82, 2.24) is 14.8 Å². The molecule has 1 aromatic rings. The third-order valence-corrected chi connectivity index (χ3v) is 4.08. The summed E-state index contributed by atoms with van der Waals surface area (Å²) in [6, 6.07) is 0. The molecule has 0 unspecified atom stereocenters. The monoisotopic (exact) mass is 463 g/mol. The Morgan fingerprint density at radius 3 is 2.21 bits per heavy atom. The summed E-state index contributed by atoms with van der Waals surface area (Å²) in [5, 5.41) is 3.98. The minimum Gasteiger partial charge on any atom is -0.463 e. The Labute approximate surface area is 167 Å². The second kappa shape index (κ2) is 9.10. The quantitative estimate of drug-likeness (QED) is 0.419. The molecule has 1 aromatic heterocycles. The molecular weight excluding hydrogens is 446 g/mol. The number of esters is 4. The van der Waals surface area contributed by atoms with Gasteiger partial charge in [-0.25, -0.2) is 9.48 Å². The predicted octanol–water partition coefficient (Wildman–Crippen LogP) is 0.151. The average Bonchev–Trinajstić information content (AvgIpc) is 3.13. The van der Waals surface area contributed by atoms with E-state index >= 15 is 0 Å². The van der Waals surface area contributed by atoms with Crippen LogP contribution in [-0.4, -0.2) is 70.7 Å². The van der Waals surface area contributed by atoms with Gasteiger partial charge in [0, 0.05) is 20.8 Å². The standard InChI is InChI=1S/C15H18BrN3O9/c1-6(20)25-5-9-10(26-7(2)21)11(27-8(3)22)13(28-9)19-15(16)17-12(18-19)14(23)24-4/h9-11,13H,5H2,1-4H3/t9-,10-,11-,13-/m1/s1. The first kappa shape index (κ1) is 21.8. The van der Waals surface area contributed by atoms with Gasteiger partial charge >= 0.3 is 23.9 Å². The van der Waals surface area contributed by atoms with Gasteiger partial charge in [-0.05, 0) is 15.9 Å². The molecule has 28 heavy (non-hydrogen) atoms. The molecule has 4 atom stereocenters. The van der Waals surface area contributed by atoms with Crippen LogP contribution in [0.3, 0.4) is 0 Å². The van der Waals surface area contributed by atoms with Crippen molar-refractivity contribution in [3.8, 4) is 0 Å². The molecule has 1 aliphatic rings. The van der Waals surface area contributed by atoms with Crippen LogP contribution in [0.5, 0.6) is 0 Å². The Kier molecular flexibility index (Phi) is 7.07. The van der Waals surface area contributed by atoms with Crippen LogP contribution in [0, 0.1) is 0 Å². The van der Waals surface area contributed by atoms with Gasteiger partial charge in [0.25, 0.3) is 5.82 Å². The Balaban J connectivity index is 2.40. The number of methoxy groups -OCH3 is 1. The Hall–Kier alpha value is -2.54. The average molecular weight is 464 g/mol. The van der Waals surface area contributed by atoms with E-state index in [0.717, 1.165) is 18.7 Å². The second-order valence-corrected chi connectivity index (χ2v) is 6.37. The highest BCUT2D eigenvalue weighted by Gasteiger charge is 2.51. The van der Waals surface area contributed by atoms with Gasteiger partial charge in [-0.15, -0.1) is 5.10 Å². The first-order chi connectivity index (χ1) is 13.1. The highest BCUT2D eigenvalue weighted by atomic mass is 79.9. The number of aromatic nitrogens is 3. The van der Waals surface area contributed by atoms with E-state index < -0.39 is 48.4 Å². The molecule has 1 aliphatic heterocycles. The third kappa shape index (κ3) is 5.04. The zero-order valence-electron chi connectivity index (χ0n) is 15.4. The van der Waals surface area contributed by atoms with E-state index in [2.05, 4.69) is 30.7 Å². The molecule has 2 rings (SSSR count). The van der Waals surface area contributed by atoms with Gasteiger partial charge < -0.3 is 23.7 Å². The number of halogens is 1. The molecule has 0 aromatic carbocycles. The van der Waals surface area contributed by atoms with Crippen LogP contribution in [0.25, 0.3) is 0 Å².